The number of aliphatic carboxylic acids is 1. The molecule has 0 radical (unpaired) electrons. The molecule has 1 aromatic heterocycles. The fourth-order valence-electron chi connectivity index (χ4n) is 3.71. The number of hydrogen-bond donors (Lipinski definition) is 2. The number of nitrogens with zero attached hydrogens (tertiary/aromatic N) is 2. The maximum Gasteiger partial charge on any atom is 0.307 e. The molecule has 0 unspecified atom stereocenters. The van der Waals surface area contributed by atoms with Crippen LogP contribution in [0.4, 0.5) is 10.1 Å². The summed E-state index contributed by atoms with van der Waals surface area (Å²) in [4.78, 5) is 17.9. The van der Waals surface area contributed by atoms with Crippen LogP contribution in [0.2, 0.25) is 0 Å². The van der Waals surface area contributed by atoms with Crippen LogP contribution in [0.15, 0.2) is 54.6 Å². The van der Waals surface area contributed by atoms with Crippen LogP contribution in [0.25, 0.3) is 11.3 Å². The lowest BCUT2D eigenvalue weighted by Gasteiger charge is -2.34. The van der Waals surface area contributed by atoms with E-state index in [0.29, 0.717) is 40.4 Å². The van der Waals surface area contributed by atoms with Crippen molar-refractivity contribution >= 4 is 11.7 Å². The van der Waals surface area contributed by atoms with E-state index in [1.165, 1.54) is 0 Å². The third kappa shape index (κ3) is 3.71. The number of aromatic nitrogens is 1. The molecule has 0 spiro atoms. The minimum atomic E-state index is -0.924. The van der Waals surface area contributed by atoms with Gasteiger partial charge < -0.3 is 20.5 Å². The van der Waals surface area contributed by atoms with E-state index in [-0.39, 0.29) is 18.8 Å². The third-order valence-electron chi connectivity index (χ3n) is 5.20. The van der Waals surface area contributed by atoms with Gasteiger partial charge in [0, 0.05) is 30.3 Å². The van der Waals surface area contributed by atoms with Crippen LogP contribution in [-0.4, -0.2) is 29.7 Å². The summed E-state index contributed by atoms with van der Waals surface area (Å²) in [5, 5.41) is 9.22. The Kier molecular flexibility index (Phi) is 5.37. The fraction of sp³-hybridized carbons (Fsp3) is 0.217. The number of likely N-dealkylation sites (N-methyl/N-ethyl adjacent to an activating group) is 1. The summed E-state index contributed by atoms with van der Waals surface area (Å²) >= 11 is 0. The predicted molar refractivity (Wildman–Crippen MR) is 112 cm³/mol. The molecule has 0 bridgehead atoms. The zero-order chi connectivity index (χ0) is 21.3. The monoisotopic (exact) mass is 407 g/mol. The van der Waals surface area contributed by atoms with Crippen LogP contribution in [0, 0.1) is 5.82 Å². The van der Waals surface area contributed by atoms with E-state index in [9.17, 15) is 14.3 Å². The molecule has 0 amide bonds. The Morgan fingerprint density at radius 3 is 2.70 bits per heavy atom. The summed E-state index contributed by atoms with van der Waals surface area (Å²) in [7, 11) is 1.92. The SMILES string of the molecule is CN1C[C@H](c2cccc(-c3cccc(CN)c3F)n2)Oc2c(CC(=O)O)cccc21. The molecule has 1 aliphatic heterocycles. The summed E-state index contributed by atoms with van der Waals surface area (Å²) in [5.74, 6) is -0.755. The number of carboxylic acid groups (broad SMARTS) is 1. The number of nitrogens with two attached hydrogens (primary N) is 1. The van der Waals surface area contributed by atoms with Crippen molar-refractivity contribution in [3.05, 3.63) is 77.2 Å². The molecule has 1 aliphatic rings. The second-order valence-electron chi connectivity index (χ2n) is 7.25. The molecule has 0 saturated heterocycles. The molecular weight excluding hydrogens is 385 g/mol. The van der Waals surface area contributed by atoms with E-state index in [1.54, 1.807) is 30.3 Å². The van der Waals surface area contributed by atoms with E-state index in [4.69, 9.17) is 10.5 Å². The van der Waals surface area contributed by atoms with Crippen molar-refractivity contribution in [2.75, 3.05) is 18.5 Å². The van der Waals surface area contributed by atoms with Gasteiger partial charge in [-0.3, -0.25) is 4.79 Å². The average Bonchev–Trinajstić information content (AvgIpc) is 2.74. The number of pyridine rings is 1. The molecule has 6 nitrogen and oxygen atoms in total. The van der Waals surface area contributed by atoms with Gasteiger partial charge in [0.15, 0.2) is 6.10 Å². The number of carboxylic acids is 1. The van der Waals surface area contributed by atoms with Crippen molar-refractivity contribution < 1.29 is 19.0 Å². The van der Waals surface area contributed by atoms with Gasteiger partial charge in [-0.15, -0.1) is 0 Å². The van der Waals surface area contributed by atoms with Crippen molar-refractivity contribution in [1.82, 2.24) is 4.98 Å². The molecular formula is C23H22FN3O3. The molecule has 1 atom stereocenters. The summed E-state index contributed by atoms with van der Waals surface area (Å²) < 4.78 is 21.0. The summed E-state index contributed by atoms with van der Waals surface area (Å²) in [6, 6.07) is 16.0. The van der Waals surface area contributed by atoms with E-state index in [0.717, 1.165) is 5.69 Å². The fourth-order valence-corrected chi connectivity index (χ4v) is 3.71. The predicted octanol–water partition coefficient (Wildman–Crippen LogP) is 3.54. The minimum absolute atomic E-state index is 0.110. The molecule has 3 N–H and O–H groups in total. The standard InChI is InChI=1S/C23H22FN3O3/c1-27-13-20(30-23-14(11-21(28)29)5-3-10-19(23)27)18-9-4-8-17(26-18)16-7-2-6-15(12-25)22(16)24/h2-10,20H,11-13,25H2,1H3,(H,28,29)/t20-/m1/s1. The molecule has 4 rings (SSSR count). The van der Waals surface area contributed by atoms with Crippen LogP contribution in [0.1, 0.15) is 22.9 Å². The highest BCUT2D eigenvalue weighted by atomic mass is 19.1. The Morgan fingerprint density at radius 2 is 1.93 bits per heavy atom. The average molecular weight is 407 g/mol. The largest absolute Gasteiger partial charge is 0.481 e. The minimum Gasteiger partial charge on any atom is -0.481 e. The molecule has 0 aliphatic carbocycles. The van der Waals surface area contributed by atoms with Crippen LogP contribution in [-0.2, 0) is 17.8 Å². The van der Waals surface area contributed by atoms with Crippen LogP contribution in [0.3, 0.4) is 0 Å². The molecule has 0 fully saturated rings. The Balaban J connectivity index is 1.70. The lowest BCUT2D eigenvalue weighted by atomic mass is 10.0. The van der Waals surface area contributed by atoms with Gasteiger partial charge in [-0.1, -0.05) is 30.3 Å². The molecule has 2 aromatic carbocycles. The first kappa shape index (κ1) is 19.8. The maximum atomic E-state index is 14.8. The molecule has 7 heteroatoms. The summed E-state index contributed by atoms with van der Waals surface area (Å²) in [6.45, 7) is 0.643. The quantitative estimate of drug-likeness (QED) is 0.673. The van der Waals surface area contributed by atoms with Crippen molar-refractivity contribution in [3.63, 3.8) is 0 Å². The molecule has 154 valence electrons. The Bertz CT molecular complexity index is 1100. The van der Waals surface area contributed by atoms with Crippen LogP contribution < -0.4 is 15.4 Å². The number of halogens is 1. The number of anilines is 1. The number of carbonyl (C=O) groups is 1. The van der Waals surface area contributed by atoms with Gasteiger partial charge in [-0.05, 0) is 24.3 Å². The summed E-state index contributed by atoms with van der Waals surface area (Å²) in [6.07, 6.45) is -0.549. The molecule has 2 heterocycles. The van der Waals surface area contributed by atoms with E-state index < -0.39 is 12.1 Å². The number of hydrogen-bond acceptors (Lipinski definition) is 5. The first-order chi connectivity index (χ1) is 14.5. The van der Waals surface area contributed by atoms with Gasteiger partial charge in [0.05, 0.1) is 30.0 Å². The van der Waals surface area contributed by atoms with Crippen LogP contribution in [0.5, 0.6) is 5.75 Å². The van der Waals surface area contributed by atoms with Crippen molar-refractivity contribution in [1.29, 1.82) is 0 Å². The smallest absolute Gasteiger partial charge is 0.307 e. The Morgan fingerprint density at radius 1 is 1.20 bits per heavy atom. The highest BCUT2D eigenvalue weighted by Gasteiger charge is 2.28. The normalized spacial score (nSPS) is 15.4. The third-order valence-corrected chi connectivity index (χ3v) is 5.20. The lowest BCUT2D eigenvalue weighted by Crippen LogP contribution is -2.33. The molecule has 0 saturated carbocycles. The van der Waals surface area contributed by atoms with Crippen molar-refractivity contribution in [3.8, 4) is 17.0 Å². The molecule has 3 aromatic rings. The van der Waals surface area contributed by atoms with Gasteiger partial charge in [-0.25, -0.2) is 9.37 Å². The lowest BCUT2D eigenvalue weighted by molar-refractivity contribution is -0.136. The van der Waals surface area contributed by atoms with Crippen molar-refractivity contribution in [2.24, 2.45) is 5.73 Å². The van der Waals surface area contributed by atoms with E-state index in [1.807, 2.05) is 36.2 Å². The maximum absolute atomic E-state index is 14.8. The summed E-state index contributed by atoms with van der Waals surface area (Å²) in [5.41, 5.74) is 9.03. The van der Waals surface area contributed by atoms with Gasteiger partial charge in [-0.2, -0.15) is 0 Å². The second kappa shape index (κ2) is 8.12. The number of benzene rings is 2. The molecule has 30 heavy (non-hydrogen) atoms. The van der Waals surface area contributed by atoms with Gasteiger partial charge >= 0.3 is 5.97 Å². The highest BCUT2D eigenvalue weighted by Crippen LogP contribution is 2.40. The van der Waals surface area contributed by atoms with E-state index >= 15 is 0 Å². The zero-order valence-electron chi connectivity index (χ0n) is 16.5. The first-order valence-electron chi connectivity index (χ1n) is 9.64. The number of para-hydroxylation sites is 1. The highest BCUT2D eigenvalue weighted by molar-refractivity contribution is 5.74. The van der Waals surface area contributed by atoms with Gasteiger partial charge in [0.1, 0.15) is 11.6 Å². The number of fused-ring (bicyclic) bond motifs is 1. The Hall–Kier alpha value is -3.45. The Labute approximate surface area is 173 Å². The van der Waals surface area contributed by atoms with Gasteiger partial charge in [0.2, 0.25) is 0 Å². The topological polar surface area (TPSA) is 88.7 Å². The van der Waals surface area contributed by atoms with Crippen molar-refractivity contribution in [2.45, 2.75) is 19.1 Å². The number of rotatable bonds is 5. The van der Waals surface area contributed by atoms with Crippen LogP contribution >= 0.6 is 0 Å². The second-order valence-corrected chi connectivity index (χ2v) is 7.25. The zero-order valence-corrected chi connectivity index (χ0v) is 16.5. The van der Waals surface area contributed by atoms with Gasteiger partial charge in [0.25, 0.3) is 0 Å². The number of ether oxygens (including phenoxy) is 1. The van der Waals surface area contributed by atoms with E-state index in [2.05, 4.69) is 4.98 Å². The first-order valence-corrected chi connectivity index (χ1v) is 9.64.